The second kappa shape index (κ2) is 4.93. The fraction of sp³-hybridized carbons (Fsp3) is 0.182. The van der Waals surface area contributed by atoms with E-state index in [-0.39, 0.29) is 5.82 Å². The Morgan fingerprint density at radius 2 is 2.05 bits per heavy atom. The first kappa shape index (κ1) is 14.0. The van der Waals surface area contributed by atoms with Crippen molar-refractivity contribution in [1.29, 1.82) is 0 Å². The van der Waals surface area contributed by atoms with E-state index >= 15 is 0 Å². The Hall–Kier alpha value is -1.41. The molecule has 0 spiro atoms. The summed E-state index contributed by atoms with van der Waals surface area (Å²) < 4.78 is 42.0. The van der Waals surface area contributed by atoms with Crippen LogP contribution in [-0.2, 0) is 17.1 Å². The number of nitrogens with zero attached hydrogens (tertiary/aromatic N) is 2. The van der Waals surface area contributed by atoms with Crippen molar-refractivity contribution in [3.8, 4) is 0 Å². The number of rotatable bonds is 3. The molecule has 1 heterocycles. The molecular formula is C11H11BrFN3O2S. The Kier molecular flexibility index (Phi) is 3.64. The standard InChI is InChI=1S/C11H11BrFN3O2S/c1-7-5-11(14-16(7)2)15-19(17,18)10-4-3-8(12)6-9(10)13/h3-6H,1-2H3,(H,14,15). The molecule has 0 radical (unpaired) electrons. The number of aryl methyl sites for hydroxylation is 2. The number of halogens is 2. The van der Waals surface area contributed by atoms with E-state index < -0.39 is 20.7 Å². The normalized spacial score (nSPS) is 11.6. The molecule has 8 heteroatoms. The predicted molar refractivity (Wildman–Crippen MR) is 72.9 cm³/mol. The van der Waals surface area contributed by atoms with Gasteiger partial charge in [0.25, 0.3) is 10.0 Å². The van der Waals surface area contributed by atoms with E-state index in [1.807, 2.05) is 0 Å². The number of benzene rings is 1. The largest absolute Gasteiger partial charge is 0.271 e. The second-order valence-corrected chi connectivity index (χ2v) is 6.54. The average molecular weight is 348 g/mol. The van der Waals surface area contributed by atoms with E-state index in [9.17, 15) is 12.8 Å². The molecular weight excluding hydrogens is 337 g/mol. The quantitative estimate of drug-likeness (QED) is 0.927. The first-order chi connectivity index (χ1) is 8.79. The van der Waals surface area contributed by atoms with E-state index in [1.54, 1.807) is 20.0 Å². The summed E-state index contributed by atoms with van der Waals surface area (Å²) in [6.07, 6.45) is 0. The molecule has 1 N–H and O–H groups in total. The molecule has 102 valence electrons. The van der Waals surface area contributed by atoms with Crippen molar-refractivity contribution in [3.63, 3.8) is 0 Å². The minimum absolute atomic E-state index is 0.155. The lowest BCUT2D eigenvalue weighted by Gasteiger charge is -2.06. The van der Waals surface area contributed by atoms with Gasteiger partial charge in [-0.05, 0) is 25.1 Å². The molecule has 0 bridgehead atoms. The molecule has 5 nitrogen and oxygen atoms in total. The van der Waals surface area contributed by atoms with Gasteiger partial charge in [0.15, 0.2) is 5.82 Å². The molecule has 0 atom stereocenters. The van der Waals surface area contributed by atoms with E-state index in [0.717, 1.165) is 11.8 Å². The van der Waals surface area contributed by atoms with Crippen molar-refractivity contribution < 1.29 is 12.8 Å². The van der Waals surface area contributed by atoms with Gasteiger partial charge in [0.1, 0.15) is 10.7 Å². The van der Waals surface area contributed by atoms with Crippen LogP contribution < -0.4 is 4.72 Å². The number of sulfonamides is 1. The second-order valence-electron chi connectivity index (χ2n) is 3.97. The van der Waals surface area contributed by atoms with Crippen LogP contribution in [0.2, 0.25) is 0 Å². The van der Waals surface area contributed by atoms with Crippen LogP contribution in [0.5, 0.6) is 0 Å². The van der Waals surface area contributed by atoms with Gasteiger partial charge >= 0.3 is 0 Å². The van der Waals surface area contributed by atoms with Crippen LogP contribution in [0, 0.1) is 12.7 Å². The van der Waals surface area contributed by atoms with Gasteiger partial charge in [0, 0.05) is 23.3 Å². The highest BCUT2D eigenvalue weighted by Crippen LogP contribution is 2.21. The van der Waals surface area contributed by atoms with Crippen LogP contribution in [0.4, 0.5) is 10.2 Å². The molecule has 2 aromatic rings. The van der Waals surface area contributed by atoms with Crippen LogP contribution in [0.25, 0.3) is 0 Å². The number of anilines is 1. The molecule has 0 unspecified atom stereocenters. The van der Waals surface area contributed by atoms with Crippen molar-refractivity contribution in [1.82, 2.24) is 9.78 Å². The Bertz CT molecular complexity index is 708. The van der Waals surface area contributed by atoms with E-state index in [4.69, 9.17) is 0 Å². The third-order valence-electron chi connectivity index (χ3n) is 2.54. The van der Waals surface area contributed by atoms with Crippen LogP contribution in [-0.4, -0.2) is 18.2 Å². The summed E-state index contributed by atoms with van der Waals surface area (Å²) in [6.45, 7) is 1.78. The molecule has 0 aliphatic carbocycles. The van der Waals surface area contributed by atoms with Gasteiger partial charge in [-0.15, -0.1) is 0 Å². The summed E-state index contributed by atoms with van der Waals surface area (Å²) in [5, 5.41) is 3.96. The average Bonchev–Trinajstić information content (AvgIpc) is 2.56. The monoisotopic (exact) mass is 347 g/mol. The van der Waals surface area contributed by atoms with E-state index in [0.29, 0.717) is 4.47 Å². The van der Waals surface area contributed by atoms with Gasteiger partial charge in [0.05, 0.1) is 0 Å². The maximum atomic E-state index is 13.7. The lowest BCUT2D eigenvalue weighted by atomic mass is 10.3. The van der Waals surface area contributed by atoms with Crippen LogP contribution >= 0.6 is 15.9 Å². The van der Waals surface area contributed by atoms with Gasteiger partial charge < -0.3 is 0 Å². The van der Waals surface area contributed by atoms with Crippen molar-refractivity contribution in [3.05, 3.63) is 40.2 Å². The summed E-state index contributed by atoms with van der Waals surface area (Å²) in [5.41, 5.74) is 0.786. The van der Waals surface area contributed by atoms with Crippen molar-refractivity contribution in [2.45, 2.75) is 11.8 Å². The van der Waals surface area contributed by atoms with Gasteiger partial charge in [0.2, 0.25) is 0 Å². The Balaban J connectivity index is 2.37. The third kappa shape index (κ3) is 2.95. The Morgan fingerprint density at radius 1 is 1.37 bits per heavy atom. The number of nitrogens with one attached hydrogen (secondary N) is 1. The molecule has 1 aromatic carbocycles. The zero-order valence-corrected chi connectivity index (χ0v) is 12.6. The summed E-state index contributed by atoms with van der Waals surface area (Å²) in [4.78, 5) is -0.418. The summed E-state index contributed by atoms with van der Waals surface area (Å²) in [6, 6.07) is 5.31. The van der Waals surface area contributed by atoms with Gasteiger partial charge in [-0.3, -0.25) is 9.40 Å². The molecule has 0 fully saturated rings. The molecule has 0 amide bonds. The zero-order valence-electron chi connectivity index (χ0n) is 10.2. The number of aromatic nitrogens is 2. The highest BCUT2D eigenvalue weighted by molar-refractivity contribution is 9.10. The molecule has 2 rings (SSSR count). The topological polar surface area (TPSA) is 64.0 Å². The maximum absolute atomic E-state index is 13.7. The molecule has 0 saturated carbocycles. The molecule has 1 aromatic heterocycles. The molecule has 0 aliphatic heterocycles. The fourth-order valence-corrected chi connectivity index (χ4v) is 2.88. The van der Waals surface area contributed by atoms with Gasteiger partial charge in [-0.1, -0.05) is 15.9 Å². The van der Waals surface area contributed by atoms with E-state index in [2.05, 4.69) is 25.8 Å². The number of hydrogen-bond acceptors (Lipinski definition) is 3. The highest BCUT2D eigenvalue weighted by Gasteiger charge is 2.20. The highest BCUT2D eigenvalue weighted by atomic mass is 79.9. The predicted octanol–water partition coefficient (Wildman–Crippen LogP) is 2.43. The lowest BCUT2D eigenvalue weighted by molar-refractivity contribution is 0.569. The van der Waals surface area contributed by atoms with Crippen molar-refractivity contribution >= 4 is 31.8 Å². The first-order valence-corrected chi connectivity index (χ1v) is 7.56. The zero-order chi connectivity index (χ0) is 14.2. The minimum Gasteiger partial charge on any atom is -0.271 e. The SMILES string of the molecule is Cc1cc(NS(=O)(=O)c2ccc(Br)cc2F)nn1C. The van der Waals surface area contributed by atoms with Crippen LogP contribution in [0.1, 0.15) is 5.69 Å². The maximum Gasteiger partial charge on any atom is 0.266 e. The third-order valence-corrected chi connectivity index (χ3v) is 4.42. The summed E-state index contributed by atoms with van der Waals surface area (Å²) >= 11 is 3.07. The van der Waals surface area contributed by atoms with Crippen LogP contribution in [0.3, 0.4) is 0 Å². The summed E-state index contributed by atoms with van der Waals surface area (Å²) in [7, 11) is -2.30. The molecule has 19 heavy (non-hydrogen) atoms. The van der Waals surface area contributed by atoms with Crippen molar-refractivity contribution in [2.24, 2.45) is 7.05 Å². The van der Waals surface area contributed by atoms with Crippen LogP contribution in [0.15, 0.2) is 33.6 Å². The van der Waals surface area contributed by atoms with E-state index in [1.165, 1.54) is 16.8 Å². The minimum atomic E-state index is -3.99. The smallest absolute Gasteiger partial charge is 0.266 e. The van der Waals surface area contributed by atoms with Gasteiger partial charge in [-0.25, -0.2) is 12.8 Å². The van der Waals surface area contributed by atoms with Crippen molar-refractivity contribution in [2.75, 3.05) is 4.72 Å². The fourth-order valence-electron chi connectivity index (χ4n) is 1.50. The van der Waals surface area contributed by atoms with Gasteiger partial charge in [-0.2, -0.15) is 5.10 Å². The Labute approximate surface area is 118 Å². The number of hydrogen-bond donors (Lipinski definition) is 1. The summed E-state index contributed by atoms with van der Waals surface area (Å²) in [5.74, 6) is -0.670. The molecule has 0 saturated heterocycles. The molecule has 0 aliphatic rings. The lowest BCUT2D eigenvalue weighted by Crippen LogP contribution is -2.15. The Morgan fingerprint density at radius 3 is 2.58 bits per heavy atom. The first-order valence-electron chi connectivity index (χ1n) is 5.28.